The molecule has 2 aromatic carbocycles. The summed E-state index contributed by atoms with van der Waals surface area (Å²) < 4.78 is 11.1. The molecule has 41 heavy (non-hydrogen) atoms. The van der Waals surface area contributed by atoms with E-state index < -0.39 is 36.4 Å². The van der Waals surface area contributed by atoms with E-state index in [0.717, 1.165) is 31.0 Å². The number of carbonyl (C=O) groups is 4. The van der Waals surface area contributed by atoms with Crippen molar-refractivity contribution in [1.29, 1.82) is 0 Å². The Bertz CT molecular complexity index is 1280. The molecule has 1 aromatic heterocycles. The number of carboxylic acids is 3. The van der Waals surface area contributed by atoms with Gasteiger partial charge in [0.25, 0.3) is 0 Å². The van der Waals surface area contributed by atoms with Gasteiger partial charge in [-0.25, -0.2) is 0 Å². The van der Waals surface area contributed by atoms with Gasteiger partial charge in [-0.2, -0.15) is 0 Å². The van der Waals surface area contributed by atoms with E-state index in [9.17, 15) is 34.5 Å². The fraction of sp³-hybridized carbons (Fsp3) is 0.400. The van der Waals surface area contributed by atoms with Crippen LogP contribution < -0.4 is 20.2 Å². The number of quaternary nitrogens is 1. The number of likely N-dealkylation sites (N-methyl/N-ethyl adjacent to an activating group) is 1. The smallest absolute Gasteiger partial charge is 0.550 e. The highest BCUT2D eigenvalue weighted by Gasteiger charge is 2.29. The first kappa shape index (κ1) is 33.0. The van der Waals surface area contributed by atoms with Gasteiger partial charge in [-0.05, 0) is 48.7 Å². The average molecular weight is 572 g/mol. The third-order valence-corrected chi connectivity index (χ3v) is 6.61. The van der Waals surface area contributed by atoms with Crippen LogP contribution in [-0.2, 0) is 36.8 Å². The van der Waals surface area contributed by atoms with Gasteiger partial charge in [0.1, 0.15) is 24.5 Å². The van der Waals surface area contributed by atoms with Gasteiger partial charge >= 0.3 is 8.82 Å². The number of aliphatic carboxylic acids is 3. The summed E-state index contributed by atoms with van der Waals surface area (Å²) in [6.45, 7) is 7.70. The molecule has 0 radical (unpaired) electrons. The second kappa shape index (κ2) is 16.1. The van der Waals surface area contributed by atoms with Crippen molar-refractivity contribution < 1.29 is 56.5 Å². The number of carbonyl (C=O) groups excluding carboxylic acids is 4. The van der Waals surface area contributed by atoms with E-state index in [0.29, 0.717) is 19.4 Å². The molecule has 0 saturated carbocycles. The third-order valence-electron chi connectivity index (χ3n) is 6.61. The summed E-state index contributed by atoms with van der Waals surface area (Å²) in [5, 5.41) is 41.3. The van der Waals surface area contributed by atoms with Crippen LogP contribution in [0.4, 0.5) is 0 Å². The first-order valence-corrected chi connectivity index (χ1v) is 13.3. The maximum atomic E-state index is 12.8. The lowest BCUT2D eigenvalue weighted by molar-refractivity contribution is -0.896. The highest BCUT2D eigenvalue weighted by molar-refractivity contribution is 5.86. The molecule has 1 unspecified atom stereocenters. The standard InChI is InChI=1S/C24H29NO3.C6H8O7/c1-3-25(4-2)13-15-28-24(26)22(18-23-10-7-14-27-23)17-19-11-12-20-8-5-6-9-21(20)16-19;7-3(8)1-6(13,5(11)12)2-4(9)10/h5-12,14,16,22H,3-4,13,15,17-18H2,1-2H3;13H,1-2H2,(H,7,8)(H,9,10)(H,11,12). The molecule has 0 saturated heterocycles. The number of benzene rings is 2. The minimum atomic E-state index is -2.97. The molecule has 0 aliphatic carbocycles. The zero-order chi connectivity index (χ0) is 30.4. The second-order valence-corrected chi connectivity index (χ2v) is 9.66. The predicted octanol–water partition coefficient (Wildman–Crippen LogP) is -1.73. The van der Waals surface area contributed by atoms with E-state index in [1.807, 2.05) is 24.3 Å². The maximum Gasteiger partial charge on any atom is 1.00 e. The Hall–Kier alpha value is -4.22. The molecule has 0 aliphatic rings. The number of hydrogen-bond acceptors (Lipinski definition) is 10. The van der Waals surface area contributed by atoms with Gasteiger partial charge in [0.15, 0.2) is 0 Å². The molecule has 3 aromatic rings. The Morgan fingerprint density at radius 3 is 2.10 bits per heavy atom. The topological polar surface area (TPSA) is 184 Å². The molecule has 222 valence electrons. The molecule has 0 spiro atoms. The van der Waals surface area contributed by atoms with Gasteiger partial charge in [-0.15, -0.1) is 0 Å². The quantitative estimate of drug-likeness (QED) is 0.199. The van der Waals surface area contributed by atoms with Gasteiger partial charge in [0, 0.05) is 31.2 Å². The van der Waals surface area contributed by atoms with Crippen molar-refractivity contribution in [2.45, 2.75) is 45.1 Å². The Kier molecular flexibility index (Phi) is 13.0. The molecule has 0 amide bonds. The van der Waals surface area contributed by atoms with Crippen LogP contribution in [-0.4, -0.2) is 60.8 Å². The van der Waals surface area contributed by atoms with E-state index in [1.165, 1.54) is 15.7 Å². The Balaban J connectivity index is 0.00000101. The summed E-state index contributed by atoms with van der Waals surface area (Å²) in [6.07, 6.45) is 0.128. The normalized spacial score (nSPS) is 11.9. The van der Waals surface area contributed by atoms with Gasteiger partial charge in [-0.3, -0.25) is 4.79 Å². The van der Waals surface area contributed by atoms with Crippen LogP contribution in [0.3, 0.4) is 0 Å². The highest BCUT2D eigenvalue weighted by atomic mass is 16.5. The molecular formula is C30H37NO10. The molecular weight excluding hydrogens is 534 g/mol. The average Bonchev–Trinajstić information content (AvgIpc) is 3.43. The van der Waals surface area contributed by atoms with Crippen LogP contribution in [0.2, 0.25) is 0 Å². The summed E-state index contributed by atoms with van der Waals surface area (Å²) in [7, 11) is 0. The van der Waals surface area contributed by atoms with Crippen LogP contribution in [0.5, 0.6) is 0 Å². The molecule has 1 atom stereocenters. The van der Waals surface area contributed by atoms with Crippen molar-refractivity contribution in [1.82, 2.24) is 0 Å². The van der Waals surface area contributed by atoms with E-state index in [1.54, 1.807) is 6.26 Å². The molecule has 2 N–H and O–H groups in total. The summed E-state index contributed by atoms with van der Waals surface area (Å²) in [5.74, 6) is -5.56. The lowest BCUT2D eigenvalue weighted by Crippen LogP contribution is -3.11. The second-order valence-electron chi connectivity index (χ2n) is 9.66. The van der Waals surface area contributed by atoms with Crippen molar-refractivity contribution in [2.24, 2.45) is 5.92 Å². The van der Waals surface area contributed by atoms with Gasteiger partial charge in [-0.1, -0.05) is 42.5 Å². The molecule has 0 bridgehead atoms. The van der Waals surface area contributed by atoms with Gasteiger partial charge in [0.2, 0.25) is 0 Å². The zero-order valence-corrected chi connectivity index (χ0v) is 23.1. The van der Waals surface area contributed by atoms with E-state index in [4.69, 9.17) is 14.3 Å². The molecule has 11 heteroatoms. The van der Waals surface area contributed by atoms with Crippen molar-refractivity contribution >= 4 is 34.6 Å². The molecule has 0 aliphatic heterocycles. The van der Waals surface area contributed by atoms with E-state index >= 15 is 0 Å². The predicted molar refractivity (Wildman–Crippen MR) is 143 cm³/mol. The highest BCUT2D eigenvalue weighted by Crippen LogP contribution is 2.21. The summed E-state index contributed by atoms with van der Waals surface area (Å²) >= 11 is 0. The largest absolute Gasteiger partial charge is 1.00 e. The number of rotatable bonds is 15. The van der Waals surface area contributed by atoms with Crippen LogP contribution in [0, 0.1) is 5.92 Å². The van der Waals surface area contributed by atoms with Crippen LogP contribution in [0.15, 0.2) is 65.3 Å². The SMILES string of the molecule is CC[NH+](CC)CCOC(=O)C(Cc1ccc2ccccc2c1)Cc1ccco1.O=C([O-])CC(O)(CC(=O)[O-])C(=O)[O-].[H+].[H+]. The third kappa shape index (κ3) is 11.1. The lowest BCUT2D eigenvalue weighted by Gasteiger charge is -2.29. The number of fused-ring (bicyclic) bond motifs is 1. The van der Waals surface area contributed by atoms with Crippen molar-refractivity contribution in [3.63, 3.8) is 0 Å². The number of ether oxygens (including phenoxy) is 1. The minimum Gasteiger partial charge on any atom is -0.550 e. The monoisotopic (exact) mass is 571 g/mol. The van der Waals surface area contributed by atoms with E-state index in [2.05, 4.69) is 44.2 Å². The van der Waals surface area contributed by atoms with Crippen LogP contribution in [0.1, 0.15) is 40.9 Å². The minimum absolute atomic E-state index is 0. The molecule has 0 fully saturated rings. The molecule has 11 nitrogen and oxygen atoms in total. The Labute approximate surface area is 240 Å². The maximum absolute atomic E-state index is 12.8. The number of nitrogens with one attached hydrogen (secondary N) is 1. The van der Waals surface area contributed by atoms with Crippen molar-refractivity contribution in [3.8, 4) is 0 Å². The molecule has 3 rings (SSSR count). The van der Waals surface area contributed by atoms with Gasteiger partial charge < -0.3 is 48.9 Å². The number of hydrogen-bond donors (Lipinski definition) is 2. The summed E-state index contributed by atoms with van der Waals surface area (Å²) in [4.78, 5) is 44.3. The van der Waals surface area contributed by atoms with Crippen molar-refractivity contribution in [3.05, 3.63) is 72.2 Å². The van der Waals surface area contributed by atoms with E-state index in [-0.39, 0.29) is 14.7 Å². The summed E-state index contributed by atoms with van der Waals surface area (Å²) in [6, 6.07) is 18.4. The number of furan rings is 1. The fourth-order valence-electron chi connectivity index (χ4n) is 4.26. The van der Waals surface area contributed by atoms with Crippen LogP contribution >= 0.6 is 0 Å². The fourth-order valence-corrected chi connectivity index (χ4v) is 4.26. The molecule has 1 heterocycles. The van der Waals surface area contributed by atoms with Gasteiger partial charge in [0.05, 0.1) is 31.2 Å². The Morgan fingerprint density at radius 1 is 0.927 bits per heavy atom. The first-order chi connectivity index (χ1) is 19.5. The van der Waals surface area contributed by atoms with Crippen molar-refractivity contribution in [2.75, 3.05) is 26.2 Å². The number of esters is 1. The Morgan fingerprint density at radius 2 is 1.56 bits per heavy atom. The number of carboxylic acid groups (broad SMARTS) is 3. The number of aliphatic hydroxyl groups is 1. The summed E-state index contributed by atoms with van der Waals surface area (Å²) in [5.41, 5.74) is -1.83. The first-order valence-electron chi connectivity index (χ1n) is 13.3. The lowest BCUT2D eigenvalue weighted by atomic mass is 9.94. The zero-order valence-electron chi connectivity index (χ0n) is 25.1. The van der Waals surface area contributed by atoms with Crippen LogP contribution in [0.25, 0.3) is 10.8 Å².